The van der Waals surface area contributed by atoms with Crippen LogP contribution in [0.4, 0.5) is 5.13 Å². The molecule has 1 aliphatic rings. The van der Waals surface area contributed by atoms with Crippen molar-refractivity contribution in [1.29, 1.82) is 0 Å². The van der Waals surface area contributed by atoms with Crippen molar-refractivity contribution >= 4 is 26.5 Å². The van der Waals surface area contributed by atoms with Gasteiger partial charge in [-0.15, -0.1) is 11.3 Å². The maximum atomic E-state index is 11.9. The van der Waals surface area contributed by atoms with Crippen LogP contribution >= 0.6 is 11.3 Å². The van der Waals surface area contributed by atoms with Gasteiger partial charge in [-0.25, -0.2) is 13.4 Å². The summed E-state index contributed by atoms with van der Waals surface area (Å²) in [5, 5.41) is 3.73. The first-order chi connectivity index (χ1) is 9.11. The largest absolute Gasteiger partial charge is 0.317 e. The molecule has 2 rings (SSSR count). The molecule has 0 radical (unpaired) electrons. The van der Waals surface area contributed by atoms with Crippen molar-refractivity contribution in [1.82, 2.24) is 10.3 Å². The minimum absolute atomic E-state index is 0.147. The molecule has 7 heteroatoms. The van der Waals surface area contributed by atoms with E-state index in [2.05, 4.69) is 21.9 Å². The Morgan fingerprint density at radius 2 is 2.16 bits per heavy atom. The summed E-state index contributed by atoms with van der Waals surface area (Å²) in [5.74, 6) is 0.147. The lowest BCUT2D eigenvalue weighted by Crippen LogP contribution is -2.22. The Balaban J connectivity index is 1.79. The molecule has 0 amide bonds. The van der Waals surface area contributed by atoms with E-state index in [0.29, 0.717) is 11.6 Å². The van der Waals surface area contributed by atoms with Crippen molar-refractivity contribution in [2.24, 2.45) is 0 Å². The van der Waals surface area contributed by atoms with E-state index >= 15 is 0 Å². The van der Waals surface area contributed by atoms with E-state index in [1.165, 1.54) is 16.2 Å². The number of rotatable bonds is 8. The van der Waals surface area contributed by atoms with Crippen molar-refractivity contribution in [3.05, 3.63) is 10.6 Å². The molecule has 0 spiro atoms. The van der Waals surface area contributed by atoms with E-state index in [1.54, 1.807) is 0 Å². The third-order valence-electron chi connectivity index (χ3n) is 3.03. The van der Waals surface area contributed by atoms with Gasteiger partial charge >= 0.3 is 0 Å². The summed E-state index contributed by atoms with van der Waals surface area (Å²) >= 11 is 1.48. The molecule has 0 saturated carbocycles. The van der Waals surface area contributed by atoms with Crippen LogP contribution in [0.1, 0.15) is 36.8 Å². The van der Waals surface area contributed by atoms with E-state index in [-0.39, 0.29) is 5.75 Å². The second-order valence-electron chi connectivity index (χ2n) is 4.77. The molecule has 5 nitrogen and oxygen atoms in total. The minimum Gasteiger partial charge on any atom is -0.317 e. The lowest BCUT2D eigenvalue weighted by molar-refractivity contribution is 0.593. The van der Waals surface area contributed by atoms with Gasteiger partial charge in [-0.3, -0.25) is 4.72 Å². The number of nitrogens with zero attached hydrogens (tertiary/aromatic N) is 1. The van der Waals surface area contributed by atoms with Crippen LogP contribution < -0.4 is 10.0 Å². The summed E-state index contributed by atoms with van der Waals surface area (Å²) in [6.07, 6.45) is 4.85. The van der Waals surface area contributed by atoms with Crippen molar-refractivity contribution in [2.75, 3.05) is 23.6 Å². The molecule has 0 atom stereocenters. The summed E-state index contributed by atoms with van der Waals surface area (Å²) in [4.78, 5) is 5.58. The fraction of sp³-hybridized carbons (Fsp3) is 0.750. The van der Waals surface area contributed by atoms with E-state index in [0.717, 1.165) is 44.5 Å². The summed E-state index contributed by atoms with van der Waals surface area (Å²) in [5.41, 5.74) is 1.08. The van der Waals surface area contributed by atoms with E-state index in [4.69, 9.17) is 0 Å². The maximum absolute atomic E-state index is 11.9. The Bertz CT molecular complexity index is 490. The fourth-order valence-corrected chi connectivity index (χ4v) is 4.49. The third kappa shape index (κ3) is 4.43. The van der Waals surface area contributed by atoms with Gasteiger partial charge in [0.15, 0.2) is 5.13 Å². The average Bonchev–Trinajstić information content (AvgIpc) is 2.88. The highest BCUT2D eigenvalue weighted by atomic mass is 32.2. The average molecular weight is 303 g/mol. The van der Waals surface area contributed by atoms with Crippen LogP contribution in [0.2, 0.25) is 0 Å². The second-order valence-corrected chi connectivity index (χ2v) is 7.69. The van der Waals surface area contributed by atoms with Gasteiger partial charge in [0, 0.05) is 4.88 Å². The third-order valence-corrected chi connectivity index (χ3v) is 5.56. The molecule has 108 valence electrons. The first-order valence-corrected chi connectivity index (χ1v) is 9.27. The number of aromatic nitrogens is 1. The van der Waals surface area contributed by atoms with Gasteiger partial charge in [0.25, 0.3) is 0 Å². The predicted molar refractivity (Wildman–Crippen MR) is 79.3 cm³/mol. The summed E-state index contributed by atoms with van der Waals surface area (Å²) < 4.78 is 26.4. The number of nitrogens with one attached hydrogen (secondary N) is 2. The molecule has 1 aromatic heterocycles. The molecule has 1 aliphatic carbocycles. The van der Waals surface area contributed by atoms with Crippen LogP contribution in [0, 0.1) is 0 Å². The van der Waals surface area contributed by atoms with E-state index < -0.39 is 10.0 Å². The Morgan fingerprint density at radius 1 is 1.32 bits per heavy atom. The smallest absolute Gasteiger partial charge is 0.234 e. The molecule has 2 N–H and O–H groups in total. The van der Waals surface area contributed by atoms with Crippen LogP contribution in [-0.4, -0.2) is 32.2 Å². The molecule has 19 heavy (non-hydrogen) atoms. The number of hydrogen-bond acceptors (Lipinski definition) is 5. The van der Waals surface area contributed by atoms with Gasteiger partial charge in [-0.1, -0.05) is 6.92 Å². The number of aryl methyl sites for hydroxylation is 2. The standard InChI is InChI=1S/C12H21N3O2S2/c1-2-7-13-8-4-9-19(16,17)15-12-14-10-5-3-6-11(10)18-12/h13H,2-9H2,1H3,(H,14,15). The first kappa shape index (κ1) is 14.7. The fourth-order valence-electron chi connectivity index (χ4n) is 2.11. The highest BCUT2D eigenvalue weighted by molar-refractivity contribution is 7.92. The number of fused-ring (bicyclic) bond motifs is 1. The van der Waals surface area contributed by atoms with Crippen LogP contribution in [0.5, 0.6) is 0 Å². The molecule has 0 saturated heterocycles. The lowest BCUT2D eigenvalue weighted by Gasteiger charge is -2.05. The van der Waals surface area contributed by atoms with E-state index in [9.17, 15) is 8.42 Å². The Hall–Kier alpha value is -0.660. The number of hydrogen-bond donors (Lipinski definition) is 2. The van der Waals surface area contributed by atoms with E-state index in [1.807, 2.05) is 0 Å². The summed E-state index contributed by atoms with van der Waals surface area (Å²) in [7, 11) is -3.25. The monoisotopic (exact) mass is 303 g/mol. The van der Waals surface area contributed by atoms with Crippen LogP contribution in [0.3, 0.4) is 0 Å². The number of thiazole rings is 1. The summed E-state index contributed by atoms with van der Waals surface area (Å²) in [6, 6.07) is 0. The SMILES string of the molecule is CCCNCCCS(=O)(=O)Nc1nc2c(s1)CCC2. The Morgan fingerprint density at radius 3 is 2.89 bits per heavy atom. The quantitative estimate of drug-likeness (QED) is 0.718. The Kier molecular flexibility index (Phi) is 5.18. The summed E-state index contributed by atoms with van der Waals surface area (Å²) in [6.45, 7) is 3.77. The molecule has 0 bridgehead atoms. The van der Waals surface area contributed by atoms with Crippen molar-refractivity contribution in [3.8, 4) is 0 Å². The van der Waals surface area contributed by atoms with Gasteiger partial charge in [-0.05, 0) is 45.2 Å². The first-order valence-electron chi connectivity index (χ1n) is 6.80. The van der Waals surface area contributed by atoms with Crippen LogP contribution in [0.15, 0.2) is 0 Å². The van der Waals surface area contributed by atoms with Crippen LogP contribution in [0.25, 0.3) is 0 Å². The molecule has 1 heterocycles. The number of anilines is 1. The zero-order chi connectivity index (χ0) is 13.7. The molecule has 1 aromatic rings. The van der Waals surface area contributed by atoms with Gasteiger partial charge in [0.05, 0.1) is 11.4 Å². The molecular formula is C12H21N3O2S2. The van der Waals surface area contributed by atoms with Gasteiger partial charge < -0.3 is 5.32 Å². The zero-order valence-corrected chi connectivity index (χ0v) is 12.9. The molecule has 0 fully saturated rings. The topological polar surface area (TPSA) is 71.1 Å². The van der Waals surface area contributed by atoms with Gasteiger partial charge in [0.2, 0.25) is 10.0 Å². The maximum Gasteiger partial charge on any atom is 0.234 e. The van der Waals surface area contributed by atoms with Gasteiger partial charge in [-0.2, -0.15) is 0 Å². The van der Waals surface area contributed by atoms with Crippen molar-refractivity contribution in [2.45, 2.75) is 39.0 Å². The van der Waals surface area contributed by atoms with Crippen LogP contribution in [-0.2, 0) is 22.9 Å². The molecule has 0 aliphatic heterocycles. The highest BCUT2D eigenvalue weighted by Gasteiger charge is 2.19. The molecule has 0 aromatic carbocycles. The highest BCUT2D eigenvalue weighted by Crippen LogP contribution is 2.30. The second kappa shape index (κ2) is 6.67. The predicted octanol–water partition coefficient (Wildman–Crippen LogP) is 1.76. The molecular weight excluding hydrogens is 282 g/mol. The molecule has 0 unspecified atom stereocenters. The van der Waals surface area contributed by atoms with Gasteiger partial charge in [0.1, 0.15) is 0 Å². The zero-order valence-electron chi connectivity index (χ0n) is 11.2. The normalized spacial score (nSPS) is 14.6. The minimum atomic E-state index is -3.25. The van der Waals surface area contributed by atoms with Crippen molar-refractivity contribution in [3.63, 3.8) is 0 Å². The number of sulfonamides is 1. The lowest BCUT2D eigenvalue weighted by atomic mass is 10.4. The van der Waals surface area contributed by atoms with Crippen molar-refractivity contribution < 1.29 is 8.42 Å². The Labute approximate surface area is 118 Å².